The molecule has 0 atom stereocenters. The standard InChI is InChI=1S/C26H36N2O2.C2F6NO4S2/c1-6-7-8-9-11-22-14-16-28(17-15-22)18-19-30-25(29)27-26(4,5)24-13-10-12-23(20-24)21(2)3;3-1(4,5)14(10,11)9-15(12,13)2(6,7)8/h10,12-17,20H,2,6-9,11,18-19H2,1,3-5H3;/q;-1/p+1. The molecule has 9 nitrogen and oxygen atoms in total. The van der Waals surface area contributed by atoms with Crippen molar-refractivity contribution in [1.82, 2.24) is 5.32 Å². The molecule has 254 valence electrons. The number of carbonyl (C=O) groups excluding carboxylic acids is 1. The van der Waals surface area contributed by atoms with Crippen LogP contribution in [0.25, 0.3) is 9.70 Å². The van der Waals surface area contributed by atoms with Gasteiger partial charge < -0.3 is 14.2 Å². The van der Waals surface area contributed by atoms with Crippen molar-refractivity contribution >= 4 is 31.7 Å². The van der Waals surface area contributed by atoms with Gasteiger partial charge in [-0.3, -0.25) is 0 Å². The van der Waals surface area contributed by atoms with Crippen LogP contribution in [0, 0.1) is 0 Å². The number of nitrogens with zero attached hydrogens (tertiary/aromatic N) is 2. The summed E-state index contributed by atoms with van der Waals surface area (Å²) >= 11 is 0. The van der Waals surface area contributed by atoms with Crippen LogP contribution in [0.4, 0.5) is 31.1 Å². The Hall–Kier alpha value is -3.18. The maximum atomic E-state index is 12.3. The maximum absolute atomic E-state index is 12.3. The number of aryl methyl sites for hydroxylation is 1. The van der Waals surface area contributed by atoms with Crippen LogP contribution in [0.2, 0.25) is 0 Å². The molecule has 0 radical (unpaired) electrons. The van der Waals surface area contributed by atoms with Gasteiger partial charge in [-0.2, -0.15) is 26.3 Å². The first-order valence-corrected chi connectivity index (χ1v) is 16.5. The molecular formula is C28H37F6N3O6S2. The Morgan fingerprint density at radius 1 is 0.933 bits per heavy atom. The van der Waals surface area contributed by atoms with Gasteiger partial charge in [-0.1, -0.05) is 56.5 Å². The fourth-order valence-corrected chi connectivity index (χ4v) is 5.26. The Morgan fingerprint density at radius 2 is 1.49 bits per heavy atom. The van der Waals surface area contributed by atoms with E-state index in [1.165, 1.54) is 31.2 Å². The summed E-state index contributed by atoms with van der Waals surface area (Å²) in [6.07, 6.45) is 9.94. The zero-order valence-electron chi connectivity index (χ0n) is 25.2. The second-order valence-electron chi connectivity index (χ2n) is 10.4. The van der Waals surface area contributed by atoms with Gasteiger partial charge in [0.2, 0.25) is 0 Å². The summed E-state index contributed by atoms with van der Waals surface area (Å²) < 4.78 is 117. The van der Waals surface area contributed by atoms with Gasteiger partial charge in [0.05, 0.1) is 5.54 Å². The Labute approximate surface area is 259 Å². The number of halogens is 6. The molecule has 0 spiro atoms. The number of rotatable bonds is 13. The van der Waals surface area contributed by atoms with E-state index < -0.39 is 42.7 Å². The van der Waals surface area contributed by atoms with E-state index in [1.54, 1.807) is 0 Å². The first kappa shape index (κ1) is 39.8. The van der Waals surface area contributed by atoms with E-state index in [-0.39, 0.29) is 0 Å². The molecule has 45 heavy (non-hydrogen) atoms. The lowest BCUT2D eigenvalue weighted by atomic mass is 9.92. The largest absolute Gasteiger partial charge is 0.480 e. The number of amides is 1. The molecule has 0 bridgehead atoms. The minimum Gasteiger partial charge on any atom is -0.443 e. The van der Waals surface area contributed by atoms with Crippen molar-refractivity contribution in [3.05, 3.63) is 76.2 Å². The van der Waals surface area contributed by atoms with Crippen LogP contribution >= 0.6 is 0 Å². The van der Waals surface area contributed by atoms with Crippen molar-refractivity contribution in [2.75, 3.05) is 6.61 Å². The lowest BCUT2D eigenvalue weighted by molar-refractivity contribution is -0.697. The topological polar surface area (TPSA) is 125 Å². The molecule has 0 aliphatic rings. The summed E-state index contributed by atoms with van der Waals surface area (Å²) in [6, 6.07) is 12.4. The van der Waals surface area contributed by atoms with Crippen LogP contribution in [0.3, 0.4) is 0 Å². The third-order valence-corrected chi connectivity index (χ3v) is 8.87. The van der Waals surface area contributed by atoms with Gasteiger partial charge >= 0.3 is 17.1 Å². The predicted octanol–water partition coefficient (Wildman–Crippen LogP) is 6.85. The van der Waals surface area contributed by atoms with Crippen LogP contribution < -0.4 is 9.88 Å². The molecule has 0 aliphatic carbocycles. The molecule has 17 heteroatoms. The quantitative estimate of drug-likeness (QED) is 0.139. The van der Waals surface area contributed by atoms with E-state index in [1.807, 2.05) is 43.5 Å². The number of aromatic nitrogens is 1. The Kier molecular flexibility index (Phi) is 14.5. The van der Waals surface area contributed by atoms with Crippen molar-refractivity contribution in [1.29, 1.82) is 0 Å². The first-order valence-electron chi connectivity index (χ1n) is 13.6. The molecule has 0 saturated heterocycles. The van der Waals surface area contributed by atoms with Gasteiger partial charge in [-0.25, -0.2) is 26.2 Å². The summed E-state index contributed by atoms with van der Waals surface area (Å²) in [5.41, 5.74) is -8.49. The van der Waals surface area contributed by atoms with E-state index in [4.69, 9.17) is 4.74 Å². The number of pyridine rings is 1. The van der Waals surface area contributed by atoms with Crippen LogP contribution in [0.15, 0.2) is 55.4 Å². The molecule has 0 fully saturated rings. The summed E-state index contributed by atoms with van der Waals surface area (Å²) in [4.78, 5) is 12.3. The minimum atomic E-state index is -6.72. The summed E-state index contributed by atoms with van der Waals surface area (Å²) in [6.45, 7) is 13.1. The Bertz CT molecular complexity index is 1450. The number of alkyl carbamates (subject to hydrolysis) is 1. The highest BCUT2D eigenvalue weighted by Gasteiger charge is 2.47. The van der Waals surface area contributed by atoms with Crippen molar-refractivity contribution < 1.29 is 57.3 Å². The molecule has 0 unspecified atom stereocenters. The molecule has 2 aromatic rings. The normalized spacial score (nSPS) is 12.6. The lowest BCUT2D eigenvalue weighted by Gasteiger charge is -2.27. The van der Waals surface area contributed by atoms with Crippen molar-refractivity contribution in [2.45, 2.75) is 82.9 Å². The van der Waals surface area contributed by atoms with E-state index >= 15 is 0 Å². The highest BCUT2D eigenvalue weighted by Crippen LogP contribution is 2.36. The number of sulfonamides is 2. The van der Waals surface area contributed by atoms with Crippen molar-refractivity contribution in [3.8, 4) is 0 Å². The SMILES string of the molecule is C=C(C)c1cccc(C(C)(C)NC(=O)OCC[n+]2ccc(CCCCCC)cc2)c1.O=S(=O)([N-]S(=O)(=O)C(F)(F)F)C(F)(F)F. The average molecular weight is 690 g/mol. The van der Waals surface area contributed by atoms with Gasteiger partial charge in [0.1, 0.15) is 0 Å². The third kappa shape index (κ3) is 13.4. The number of hydrogen-bond acceptors (Lipinski definition) is 6. The molecule has 1 aromatic heterocycles. The monoisotopic (exact) mass is 689 g/mol. The van der Waals surface area contributed by atoms with Gasteiger partial charge in [-0.15, -0.1) is 0 Å². The predicted molar refractivity (Wildman–Crippen MR) is 156 cm³/mol. The molecule has 1 N–H and O–H groups in total. The molecule has 0 saturated carbocycles. The van der Waals surface area contributed by atoms with E-state index in [9.17, 15) is 48.0 Å². The fraction of sp³-hybridized carbons (Fsp3) is 0.500. The highest BCUT2D eigenvalue weighted by molar-refractivity contribution is 8.13. The Balaban J connectivity index is 0.000000570. The van der Waals surface area contributed by atoms with Crippen LogP contribution in [0.1, 0.15) is 70.1 Å². The summed E-state index contributed by atoms with van der Waals surface area (Å²) in [5.74, 6) is 0. The second kappa shape index (κ2) is 16.4. The number of carbonyl (C=O) groups is 1. The molecular weight excluding hydrogens is 652 g/mol. The molecule has 1 heterocycles. The van der Waals surface area contributed by atoms with Crippen molar-refractivity contribution in [3.63, 3.8) is 0 Å². The second-order valence-corrected chi connectivity index (χ2v) is 13.8. The summed E-state index contributed by atoms with van der Waals surface area (Å²) in [5, 5.41) is 2.97. The number of alkyl halides is 6. The van der Waals surface area contributed by atoms with Crippen LogP contribution in [0.5, 0.6) is 0 Å². The molecule has 1 aromatic carbocycles. The smallest absolute Gasteiger partial charge is 0.443 e. The van der Waals surface area contributed by atoms with E-state index in [0.717, 1.165) is 27.2 Å². The van der Waals surface area contributed by atoms with E-state index in [0.29, 0.717) is 13.2 Å². The number of nitrogens with one attached hydrogen (secondary N) is 1. The van der Waals surface area contributed by atoms with Gasteiger partial charge in [-0.05, 0) is 56.4 Å². The fourth-order valence-electron chi connectivity index (χ4n) is 3.55. The zero-order chi connectivity index (χ0) is 34.7. The molecule has 2 rings (SSSR count). The van der Waals surface area contributed by atoms with Crippen LogP contribution in [-0.2, 0) is 43.3 Å². The van der Waals surface area contributed by atoms with Crippen LogP contribution in [-0.4, -0.2) is 40.6 Å². The lowest BCUT2D eigenvalue weighted by Crippen LogP contribution is -2.43. The highest BCUT2D eigenvalue weighted by atomic mass is 32.3. The average Bonchev–Trinajstić information content (AvgIpc) is 2.90. The van der Waals surface area contributed by atoms with Gasteiger partial charge in [0.15, 0.2) is 45.6 Å². The van der Waals surface area contributed by atoms with Gasteiger partial charge in [0.25, 0.3) is 0 Å². The number of allylic oxidation sites excluding steroid dienone is 1. The number of ether oxygens (including phenoxy) is 1. The van der Waals surface area contributed by atoms with Gasteiger partial charge in [0, 0.05) is 12.1 Å². The first-order chi connectivity index (χ1) is 20.5. The molecule has 1 amide bonds. The number of benzene rings is 1. The minimum absolute atomic E-state index is 0.328. The third-order valence-electron chi connectivity index (χ3n) is 6.13. The number of hydrogen-bond donors (Lipinski definition) is 1. The van der Waals surface area contributed by atoms with Crippen molar-refractivity contribution in [2.24, 2.45) is 0 Å². The van der Waals surface area contributed by atoms with E-state index in [2.05, 4.69) is 49.4 Å². The molecule has 0 aliphatic heterocycles. The zero-order valence-corrected chi connectivity index (χ0v) is 26.8. The number of unbranched alkanes of at least 4 members (excludes halogenated alkanes) is 3. The maximum Gasteiger partial charge on any atom is 0.480 e. The Morgan fingerprint density at radius 3 is 1.98 bits per heavy atom. The summed E-state index contributed by atoms with van der Waals surface area (Å²) in [7, 11) is -13.4.